The van der Waals surface area contributed by atoms with E-state index in [1.807, 2.05) is 0 Å². The van der Waals surface area contributed by atoms with Gasteiger partial charge in [0.1, 0.15) is 11.6 Å². The lowest BCUT2D eigenvalue weighted by atomic mass is 9.75. The maximum atomic E-state index is 14.1. The summed E-state index contributed by atoms with van der Waals surface area (Å²) in [4.78, 5) is 0. The van der Waals surface area contributed by atoms with Crippen molar-refractivity contribution >= 4 is 0 Å². The van der Waals surface area contributed by atoms with Crippen molar-refractivity contribution in [3.63, 3.8) is 0 Å². The maximum Gasteiger partial charge on any atom is 0.130 e. The predicted molar refractivity (Wildman–Crippen MR) is 83.1 cm³/mol. The van der Waals surface area contributed by atoms with Gasteiger partial charge in [-0.2, -0.15) is 0 Å². The lowest BCUT2D eigenvalue weighted by Gasteiger charge is -2.34. The average Bonchev–Trinajstić information content (AvgIpc) is 2.50. The van der Waals surface area contributed by atoms with Crippen LogP contribution >= 0.6 is 0 Å². The van der Waals surface area contributed by atoms with Crippen LogP contribution in [0.3, 0.4) is 0 Å². The Bertz CT molecular complexity index is 419. The first-order valence-electron chi connectivity index (χ1n) is 8.34. The van der Waals surface area contributed by atoms with Crippen LogP contribution in [0.5, 0.6) is 0 Å². The smallest absolute Gasteiger partial charge is 0.130 e. The van der Waals surface area contributed by atoms with E-state index in [2.05, 4.69) is 19.2 Å². The van der Waals surface area contributed by atoms with Crippen molar-refractivity contribution < 1.29 is 8.78 Å². The summed E-state index contributed by atoms with van der Waals surface area (Å²) in [6.07, 6.45) is 6.68. The molecule has 0 saturated heterocycles. The molecule has 0 aliphatic heterocycles. The molecular formula is C18H27F2N. The van der Waals surface area contributed by atoms with E-state index in [0.717, 1.165) is 31.7 Å². The van der Waals surface area contributed by atoms with Crippen molar-refractivity contribution in [2.45, 2.75) is 58.4 Å². The third-order valence-corrected chi connectivity index (χ3v) is 4.87. The van der Waals surface area contributed by atoms with E-state index in [1.165, 1.54) is 37.5 Å². The Morgan fingerprint density at radius 2 is 1.71 bits per heavy atom. The van der Waals surface area contributed by atoms with Crippen molar-refractivity contribution in [1.82, 2.24) is 5.32 Å². The van der Waals surface area contributed by atoms with Gasteiger partial charge in [0.05, 0.1) is 0 Å². The molecule has 1 N–H and O–H groups in total. The number of halogens is 2. The van der Waals surface area contributed by atoms with E-state index in [4.69, 9.17) is 0 Å². The molecular weight excluding hydrogens is 268 g/mol. The number of benzene rings is 1. The van der Waals surface area contributed by atoms with Crippen LogP contribution in [0.2, 0.25) is 0 Å². The molecule has 2 rings (SSSR count). The third-order valence-electron chi connectivity index (χ3n) is 4.87. The van der Waals surface area contributed by atoms with Gasteiger partial charge in [-0.15, -0.1) is 0 Å². The molecule has 1 unspecified atom stereocenters. The highest BCUT2D eigenvalue weighted by molar-refractivity contribution is 5.24. The molecule has 1 fully saturated rings. The Morgan fingerprint density at radius 3 is 2.24 bits per heavy atom. The van der Waals surface area contributed by atoms with E-state index in [-0.39, 0.29) is 11.6 Å². The fourth-order valence-electron chi connectivity index (χ4n) is 3.54. The first kappa shape index (κ1) is 16.4. The van der Waals surface area contributed by atoms with Crippen LogP contribution in [-0.2, 0) is 0 Å². The molecule has 1 aliphatic carbocycles. The van der Waals surface area contributed by atoms with Crippen LogP contribution in [0.1, 0.15) is 64.0 Å². The second kappa shape index (κ2) is 7.88. The number of hydrogen-bond donors (Lipinski definition) is 1. The molecule has 0 aromatic heterocycles. The Hall–Kier alpha value is -0.960. The zero-order chi connectivity index (χ0) is 15.2. The summed E-state index contributed by atoms with van der Waals surface area (Å²) in [6, 6.07) is 4.00. The van der Waals surface area contributed by atoms with Crippen LogP contribution in [0.15, 0.2) is 18.2 Å². The summed E-state index contributed by atoms with van der Waals surface area (Å²) in [7, 11) is 0. The molecule has 118 valence electrons. The summed E-state index contributed by atoms with van der Waals surface area (Å²) >= 11 is 0. The summed E-state index contributed by atoms with van der Waals surface area (Å²) in [5.41, 5.74) is 0.242. The zero-order valence-corrected chi connectivity index (χ0v) is 13.2. The minimum Gasteiger partial charge on any atom is -0.310 e. The minimum absolute atomic E-state index is 0.191. The van der Waals surface area contributed by atoms with Crippen LogP contribution < -0.4 is 5.32 Å². The number of rotatable bonds is 6. The Kier molecular flexibility index (Phi) is 6.16. The Balaban J connectivity index is 2.18. The summed E-state index contributed by atoms with van der Waals surface area (Å²) < 4.78 is 28.3. The summed E-state index contributed by atoms with van der Waals surface area (Å²) in [5, 5.41) is 3.39. The molecule has 1 aliphatic rings. The van der Waals surface area contributed by atoms with Gasteiger partial charge in [-0.05, 0) is 49.8 Å². The summed E-state index contributed by atoms with van der Waals surface area (Å²) in [5.74, 6) is 0.298. The van der Waals surface area contributed by atoms with E-state index in [0.29, 0.717) is 5.92 Å². The first-order valence-corrected chi connectivity index (χ1v) is 8.34. The van der Waals surface area contributed by atoms with Crippen molar-refractivity contribution in [3.05, 3.63) is 35.4 Å². The maximum absolute atomic E-state index is 14.1. The van der Waals surface area contributed by atoms with Crippen molar-refractivity contribution in [3.8, 4) is 0 Å². The van der Waals surface area contributed by atoms with Gasteiger partial charge in [0.2, 0.25) is 0 Å². The molecule has 0 bridgehead atoms. The average molecular weight is 295 g/mol. The standard InChI is InChI=1S/C18H27F2N/c1-3-12-21-18(14-10-8-13(4-2)9-11-14)17-15(19)6-5-7-16(17)20/h5-7,13-14,18,21H,3-4,8-12H2,1-2H3. The molecule has 1 atom stereocenters. The van der Waals surface area contributed by atoms with Crippen molar-refractivity contribution in [2.24, 2.45) is 11.8 Å². The summed E-state index contributed by atoms with van der Waals surface area (Å²) in [6.45, 7) is 5.11. The van der Waals surface area contributed by atoms with E-state index in [1.54, 1.807) is 0 Å². The number of hydrogen-bond acceptors (Lipinski definition) is 1. The molecule has 1 aromatic rings. The lowest BCUT2D eigenvalue weighted by Crippen LogP contribution is -2.33. The van der Waals surface area contributed by atoms with E-state index < -0.39 is 11.6 Å². The van der Waals surface area contributed by atoms with Crippen molar-refractivity contribution in [2.75, 3.05) is 6.54 Å². The van der Waals surface area contributed by atoms with Crippen molar-refractivity contribution in [1.29, 1.82) is 0 Å². The van der Waals surface area contributed by atoms with Gasteiger partial charge in [-0.1, -0.05) is 39.2 Å². The largest absolute Gasteiger partial charge is 0.310 e. The van der Waals surface area contributed by atoms with Crippen LogP contribution in [0.25, 0.3) is 0 Å². The highest BCUT2D eigenvalue weighted by Crippen LogP contribution is 2.39. The quantitative estimate of drug-likeness (QED) is 0.758. The van der Waals surface area contributed by atoms with Crippen LogP contribution in [0, 0.1) is 23.5 Å². The first-order chi connectivity index (χ1) is 10.2. The van der Waals surface area contributed by atoms with Gasteiger partial charge in [0.15, 0.2) is 0 Å². The Morgan fingerprint density at radius 1 is 1.10 bits per heavy atom. The predicted octanol–water partition coefficient (Wildman–Crippen LogP) is 5.22. The molecule has 0 radical (unpaired) electrons. The Labute approximate surface area is 127 Å². The van der Waals surface area contributed by atoms with Gasteiger partial charge < -0.3 is 5.32 Å². The van der Waals surface area contributed by atoms with E-state index in [9.17, 15) is 8.78 Å². The van der Waals surface area contributed by atoms with Gasteiger partial charge in [-0.25, -0.2) is 8.78 Å². The number of nitrogens with one attached hydrogen (secondary N) is 1. The monoisotopic (exact) mass is 295 g/mol. The molecule has 1 aromatic carbocycles. The minimum atomic E-state index is -0.416. The normalized spacial score (nSPS) is 24.0. The SMILES string of the molecule is CCCNC(c1c(F)cccc1F)C1CCC(CC)CC1. The fraction of sp³-hybridized carbons (Fsp3) is 0.667. The lowest BCUT2D eigenvalue weighted by molar-refractivity contribution is 0.213. The molecule has 21 heavy (non-hydrogen) atoms. The third kappa shape index (κ3) is 4.03. The second-order valence-corrected chi connectivity index (χ2v) is 6.26. The van der Waals surface area contributed by atoms with Crippen LogP contribution in [-0.4, -0.2) is 6.54 Å². The highest BCUT2D eigenvalue weighted by atomic mass is 19.1. The van der Waals surface area contributed by atoms with Crippen LogP contribution in [0.4, 0.5) is 8.78 Å². The van der Waals surface area contributed by atoms with E-state index >= 15 is 0 Å². The fourth-order valence-corrected chi connectivity index (χ4v) is 3.54. The second-order valence-electron chi connectivity index (χ2n) is 6.26. The zero-order valence-electron chi connectivity index (χ0n) is 13.2. The molecule has 1 saturated carbocycles. The van der Waals surface area contributed by atoms with Gasteiger partial charge >= 0.3 is 0 Å². The molecule has 3 heteroatoms. The van der Waals surface area contributed by atoms with Gasteiger partial charge in [-0.3, -0.25) is 0 Å². The van der Waals surface area contributed by atoms with Gasteiger partial charge in [0, 0.05) is 11.6 Å². The molecule has 1 nitrogen and oxygen atoms in total. The van der Waals surface area contributed by atoms with Gasteiger partial charge in [0.25, 0.3) is 0 Å². The molecule has 0 heterocycles. The highest BCUT2D eigenvalue weighted by Gasteiger charge is 2.31. The molecule has 0 amide bonds. The molecule has 0 spiro atoms. The topological polar surface area (TPSA) is 12.0 Å².